The molecule has 1 aromatic heterocycles. The quantitative estimate of drug-likeness (QED) is 0.884. The largest absolute Gasteiger partial charge is 0.306 e. The number of hydrogen-bond acceptors (Lipinski definition) is 2. The van der Waals surface area contributed by atoms with Gasteiger partial charge in [0.1, 0.15) is 0 Å². The highest BCUT2D eigenvalue weighted by Crippen LogP contribution is 2.18. The summed E-state index contributed by atoms with van der Waals surface area (Å²) in [5.41, 5.74) is 2.66. The zero-order valence-electron chi connectivity index (χ0n) is 9.11. The van der Waals surface area contributed by atoms with Crippen molar-refractivity contribution >= 4 is 27.3 Å². The molecular formula is C13H14BrNS. The van der Waals surface area contributed by atoms with E-state index in [-0.39, 0.29) is 0 Å². The van der Waals surface area contributed by atoms with E-state index in [1.165, 1.54) is 11.1 Å². The van der Waals surface area contributed by atoms with Crippen molar-refractivity contribution in [1.29, 1.82) is 0 Å². The van der Waals surface area contributed by atoms with Crippen molar-refractivity contribution < 1.29 is 0 Å². The fourth-order valence-corrected chi connectivity index (χ4v) is 2.64. The maximum atomic E-state index is 3.51. The third kappa shape index (κ3) is 3.17. The first kappa shape index (κ1) is 11.8. The van der Waals surface area contributed by atoms with Gasteiger partial charge in [0.15, 0.2) is 0 Å². The van der Waals surface area contributed by atoms with E-state index in [0.29, 0.717) is 6.04 Å². The first-order chi connectivity index (χ1) is 7.75. The fourth-order valence-electron chi connectivity index (χ4n) is 1.56. The molecule has 0 spiro atoms. The van der Waals surface area contributed by atoms with Gasteiger partial charge in [-0.2, -0.15) is 11.3 Å². The third-order valence-corrected chi connectivity index (χ3v) is 3.77. The number of rotatable bonds is 4. The van der Waals surface area contributed by atoms with Crippen molar-refractivity contribution in [3.8, 4) is 0 Å². The molecule has 2 aromatic rings. The SMILES string of the molecule is C[C@H](NCc1ccsc1)c1cccc(Br)c1. The summed E-state index contributed by atoms with van der Waals surface area (Å²) in [4.78, 5) is 0. The maximum Gasteiger partial charge on any atom is 0.0295 e. The highest BCUT2D eigenvalue weighted by atomic mass is 79.9. The molecule has 3 heteroatoms. The van der Waals surface area contributed by atoms with Crippen LogP contribution in [0.25, 0.3) is 0 Å². The Morgan fingerprint density at radius 2 is 2.25 bits per heavy atom. The Labute approximate surface area is 109 Å². The molecule has 0 saturated carbocycles. The number of thiophene rings is 1. The summed E-state index contributed by atoms with van der Waals surface area (Å²) < 4.78 is 1.13. The molecule has 0 unspecified atom stereocenters. The van der Waals surface area contributed by atoms with Crippen LogP contribution >= 0.6 is 27.3 Å². The molecule has 0 radical (unpaired) electrons. The summed E-state index contributed by atoms with van der Waals surface area (Å²) in [6.45, 7) is 3.12. The monoisotopic (exact) mass is 295 g/mol. The zero-order valence-corrected chi connectivity index (χ0v) is 11.5. The molecule has 0 saturated heterocycles. The van der Waals surface area contributed by atoms with E-state index < -0.39 is 0 Å². The summed E-state index contributed by atoms with van der Waals surface area (Å²) in [5.74, 6) is 0. The molecule has 2 rings (SSSR count). The van der Waals surface area contributed by atoms with Gasteiger partial charge in [-0.25, -0.2) is 0 Å². The van der Waals surface area contributed by atoms with Gasteiger partial charge in [-0.3, -0.25) is 0 Å². The van der Waals surface area contributed by atoms with Gasteiger partial charge in [0.05, 0.1) is 0 Å². The van der Waals surface area contributed by atoms with E-state index in [1.54, 1.807) is 11.3 Å². The van der Waals surface area contributed by atoms with Gasteiger partial charge in [-0.05, 0) is 47.0 Å². The smallest absolute Gasteiger partial charge is 0.0295 e. The van der Waals surface area contributed by atoms with Crippen molar-refractivity contribution in [2.24, 2.45) is 0 Å². The van der Waals surface area contributed by atoms with Crippen LogP contribution in [0.4, 0.5) is 0 Å². The predicted octanol–water partition coefficient (Wildman–Crippen LogP) is 4.36. The van der Waals surface area contributed by atoms with Crippen molar-refractivity contribution in [1.82, 2.24) is 5.32 Å². The van der Waals surface area contributed by atoms with Gasteiger partial charge in [-0.15, -0.1) is 0 Å². The van der Waals surface area contributed by atoms with Crippen molar-refractivity contribution in [3.05, 3.63) is 56.7 Å². The molecule has 84 valence electrons. The first-order valence-corrected chi connectivity index (χ1v) is 6.99. The third-order valence-electron chi connectivity index (χ3n) is 2.54. The molecule has 1 atom stereocenters. The van der Waals surface area contributed by atoms with Crippen LogP contribution in [0.15, 0.2) is 45.6 Å². The molecule has 0 aliphatic rings. The van der Waals surface area contributed by atoms with E-state index in [0.717, 1.165) is 11.0 Å². The first-order valence-electron chi connectivity index (χ1n) is 5.25. The van der Waals surface area contributed by atoms with E-state index in [4.69, 9.17) is 0 Å². The second kappa shape index (κ2) is 5.62. The summed E-state index contributed by atoms with van der Waals surface area (Å²) in [6, 6.07) is 11.0. The minimum atomic E-state index is 0.373. The summed E-state index contributed by atoms with van der Waals surface area (Å²) in [6.07, 6.45) is 0. The van der Waals surface area contributed by atoms with Gasteiger partial charge in [0, 0.05) is 17.1 Å². The topological polar surface area (TPSA) is 12.0 Å². The molecular weight excluding hydrogens is 282 g/mol. The Morgan fingerprint density at radius 1 is 1.38 bits per heavy atom. The van der Waals surface area contributed by atoms with E-state index in [9.17, 15) is 0 Å². The van der Waals surface area contributed by atoms with Gasteiger partial charge in [-0.1, -0.05) is 28.1 Å². The Hall–Kier alpha value is -0.640. The normalized spacial score (nSPS) is 12.6. The van der Waals surface area contributed by atoms with Crippen LogP contribution in [-0.2, 0) is 6.54 Å². The van der Waals surface area contributed by atoms with Crippen molar-refractivity contribution in [3.63, 3.8) is 0 Å². The zero-order chi connectivity index (χ0) is 11.4. The average molecular weight is 296 g/mol. The summed E-state index contributed by atoms with van der Waals surface area (Å²) in [5, 5.41) is 7.81. The molecule has 0 bridgehead atoms. The van der Waals surface area contributed by atoms with Crippen LogP contribution in [-0.4, -0.2) is 0 Å². The van der Waals surface area contributed by atoms with Crippen LogP contribution in [0.1, 0.15) is 24.1 Å². The fraction of sp³-hybridized carbons (Fsp3) is 0.231. The Morgan fingerprint density at radius 3 is 2.94 bits per heavy atom. The highest BCUT2D eigenvalue weighted by Gasteiger charge is 2.04. The van der Waals surface area contributed by atoms with E-state index in [2.05, 4.69) is 69.3 Å². The van der Waals surface area contributed by atoms with Crippen LogP contribution in [0.5, 0.6) is 0 Å². The molecule has 1 heterocycles. The Kier molecular flexibility index (Phi) is 4.16. The lowest BCUT2D eigenvalue weighted by atomic mass is 10.1. The lowest BCUT2D eigenvalue weighted by Gasteiger charge is -2.13. The number of nitrogens with one attached hydrogen (secondary N) is 1. The van der Waals surface area contributed by atoms with E-state index >= 15 is 0 Å². The molecule has 1 N–H and O–H groups in total. The lowest BCUT2D eigenvalue weighted by molar-refractivity contribution is 0.575. The lowest BCUT2D eigenvalue weighted by Crippen LogP contribution is -2.17. The van der Waals surface area contributed by atoms with Crippen LogP contribution in [0.3, 0.4) is 0 Å². The summed E-state index contributed by atoms with van der Waals surface area (Å²) >= 11 is 5.24. The molecule has 0 aliphatic carbocycles. The minimum absolute atomic E-state index is 0.373. The van der Waals surface area contributed by atoms with Gasteiger partial charge in [0.2, 0.25) is 0 Å². The standard InChI is InChI=1S/C13H14BrNS/c1-10(12-3-2-4-13(14)7-12)15-8-11-5-6-16-9-11/h2-7,9-10,15H,8H2,1H3/t10-/m0/s1. The second-order valence-electron chi connectivity index (χ2n) is 3.79. The average Bonchev–Trinajstić information content (AvgIpc) is 2.78. The second-order valence-corrected chi connectivity index (χ2v) is 5.48. The number of hydrogen-bond donors (Lipinski definition) is 1. The van der Waals surface area contributed by atoms with Crippen LogP contribution in [0.2, 0.25) is 0 Å². The van der Waals surface area contributed by atoms with Crippen LogP contribution in [0, 0.1) is 0 Å². The number of benzene rings is 1. The molecule has 0 amide bonds. The highest BCUT2D eigenvalue weighted by molar-refractivity contribution is 9.10. The van der Waals surface area contributed by atoms with Crippen LogP contribution < -0.4 is 5.32 Å². The Balaban J connectivity index is 1.95. The molecule has 1 nitrogen and oxygen atoms in total. The number of halogens is 1. The van der Waals surface area contributed by atoms with E-state index in [1.807, 2.05) is 0 Å². The molecule has 1 aromatic carbocycles. The van der Waals surface area contributed by atoms with Crippen molar-refractivity contribution in [2.45, 2.75) is 19.5 Å². The molecule has 0 fully saturated rings. The molecule has 16 heavy (non-hydrogen) atoms. The molecule has 0 aliphatic heterocycles. The van der Waals surface area contributed by atoms with Gasteiger partial charge < -0.3 is 5.32 Å². The minimum Gasteiger partial charge on any atom is -0.306 e. The Bertz CT molecular complexity index is 439. The predicted molar refractivity (Wildman–Crippen MR) is 73.7 cm³/mol. The van der Waals surface area contributed by atoms with Gasteiger partial charge in [0.25, 0.3) is 0 Å². The van der Waals surface area contributed by atoms with Gasteiger partial charge >= 0.3 is 0 Å². The van der Waals surface area contributed by atoms with Crippen molar-refractivity contribution in [2.75, 3.05) is 0 Å². The maximum absolute atomic E-state index is 3.51. The summed E-state index contributed by atoms with van der Waals surface area (Å²) in [7, 11) is 0.